The number of carbonyl (C=O) groups excluding carboxylic acids is 3. The van der Waals surface area contributed by atoms with E-state index in [1.165, 1.54) is 5.38 Å². The number of β-lactam (4-membered cyclic amide) rings is 1. The van der Waals surface area contributed by atoms with Gasteiger partial charge in [-0.25, -0.2) is 9.78 Å². The summed E-state index contributed by atoms with van der Waals surface area (Å²) in [5, 5.41) is 15.5. The smallest absolute Gasteiger partial charge is 0.363 e. The molecule has 1 aromatic rings. The third-order valence-corrected chi connectivity index (χ3v) is 4.87. The minimum absolute atomic E-state index is 0.0500. The molecule has 16 heteroatoms. The van der Waals surface area contributed by atoms with Crippen molar-refractivity contribution in [2.75, 3.05) is 19.5 Å². The zero-order chi connectivity index (χ0) is 21.1. The molecule has 1 aliphatic heterocycles. The summed E-state index contributed by atoms with van der Waals surface area (Å²) in [6.45, 7) is -0.500. The molecular formula is C12H12N6O8S2. The molecule has 0 aliphatic carbocycles. The minimum Gasteiger partial charge on any atom is -0.467 e. The standard InChI is InChI=1S/C12H12N6O8S2/c1-25-11(21)8-7(10(20)18(8)28(22,23)24)16-9(19)6(17-26-3-2-13)5-4-27-12(14)15-5/h4,7-8H,3H2,1H3,(H2,14,15)(H,16,19)(H,22,23,24)/b17-6-. The number of rotatable bonds is 7. The Morgan fingerprint density at radius 1 is 1.57 bits per heavy atom. The van der Waals surface area contributed by atoms with Gasteiger partial charge in [-0.15, -0.1) is 11.3 Å². The van der Waals surface area contributed by atoms with E-state index in [4.69, 9.17) is 15.5 Å². The Morgan fingerprint density at radius 3 is 2.75 bits per heavy atom. The van der Waals surface area contributed by atoms with Crippen molar-refractivity contribution in [1.29, 1.82) is 5.26 Å². The van der Waals surface area contributed by atoms with Crippen LogP contribution in [0.15, 0.2) is 10.5 Å². The van der Waals surface area contributed by atoms with Crippen LogP contribution in [0, 0.1) is 11.3 Å². The number of esters is 1. The lowest BCUT2D eigenvalue weighted by atomic mass is 9.98. The zero-order valence-corrected chi connectivity index (χ0v) is 15.6. The summed E-state index contributed by atoms with van der Waals surface area (Å²) in [6.07, 6.45) is 0. The lowest BCUT2D eigenvalue weighted by molar-refractivity contribution is -0.162. The summed E-state index contributed by atoms with van der Waals surface area (Å²) >= 11 is 0.965. The molecule has 0 bridgehead atoms. The van der Waals surface area contributed by atoms with Crippen LogP contribution in [0.4, 0.5) is 5.13 Å². The topological polar surface area (TPSA) is 214 Å². The van der Waals surface area contributed by atoms with Crippen LogP contribution in [0.5, 0.6) is 0 Å². The molecular weight excluding hydrogens is 420 g/mol. The average molecular weight is 432 g/mol. The van der Waals surface area contributed by atoms with Gasteiger partial charge in [0, 0.05) is 5.38 Å². The second kappa shape index (κ2) is 8.16. The molecule has 1 aromatic heterocycles. The second-order valence-electron chi connectivity index (χ2n) is 4.97. The summed E-state index contributed by atoms with van der Waals surface area (Å²) in [6, 6.07) is -1.87. The van der Waals surface area contributed by atoms with Crippen LogP contribution in [-0.4, -0.2) is 71.6 Å². The molecule has 2 amide bonds. The summed E-state index contributed by atoms with van der Waals surface area (Å²) in [4.78, 5) is 44.7. The Labute approximate surface area is 161 Å². The highest BCUT2D eigenvalue weighted by Crippen LogP contribution is 2.25. The van der Waals surface area contributed by atoms with Gasteiger partial charge in [0.05, 0.1) is 7.11 Å². The van der Waals surface area contributed by atoms with Gasteiger partial charge < -0.3 is 20.6 Å². The van der Waals surface area contributed by atoms with Crippen molar-refractivity contribution < 1.29 is 36.9 Å². The van der Waals surface area contributed by atoms with Crippen molar-refractivity contribution in [3.8, 4) is 6.07 Å². The first-order valence-electron chi connectivity index (χ1n) is 7.09. The van der Waals surface area contributed by atoms with Gasteiger partial charge >= 0.3 is 16.3 Å². The lowest BCUT2D eigenvalue weighted by Gasteiger charge is -2.41. The van der Waals surface area contributed by atoms with Crippen molar-refractivity contribution in [3.05, 3.63) is 11.1 Å². The number of hydrogen-bond acceptors (Lipinski definition) is 12. The molecule has 2 heterocycles. The fourth-order valence-corrected chi connectivity index (χ4v) is 3.53. The Hall–Kier alpha value is -3.29. The molecule has 150 valence electrons. The van der Waals surface area contributed by atoms with Crippen LogP contribution in [0.3, 0.4) is 0 Å². The number of oxime groups is 1. The molecule has 0 radical (unpaired) electrons. The van der Waals surface area contributed by atoms with Gasteiger partial charge in [0.1, 0.15) is 17.8 Å². The van der Waals surface area contributed by atoms with E-state index >= 15 is 0 Å². The largest absolute Gasteiger partial charge is 0.467 e. The number of thiazole rings is 1. The number of nitrogens with zero attached hydrogens (tertiary/aromatic N) is 4. The van der Waals surface area contributed by atoms with Gasteiger partial charge in [-0.05, 0) is 0 Å². The zero-order valence-electron chi connectivity index (χ0n) is 13.9. The van der Waals surface area contributed by atoms with Gasteiger partial charge in [0.15, 0.2) is 16.9 Å². The first-order chi connectivity index (χ1) is 13.1. The molecule has 0 saturated carbocycles. The van der Waals surface area contributed by atoms with Gasteiger partial charge in [-0.2, -0.15) is 18.0 Å². The highest BCUT2D eigenvalue weighted by Gasteiger charge is 2.58. The quantitative estimate of drug-likeness (QED) is 0.103. The highest BCUT2D eigenvalue weighted by atomic mass is 32.2. The highest BCUT2D eigenvalue weighted by molar-refractivity contribution is 7.84. The molecule has 0 aromatic carbocycles. The molecule has 1 fully saturated rings. The molecule has 2 atom stereocenters. The number of hydrogen-bond donors (Lipinski definition) is 3. The lowest BCUT2D eigenvalue weighted by Crippen LogP contribution is -2.74. The molecule has 4 N–H and O–H groups in total. The average Bonchev–Trinajstić information content (AvgIpc) is 3.04. The number of anilines is 1. The molecule has 1 saturated heterocycles. The first kappa shape index (κ1) is 21.0. The fraction of sp³-hybridized carbons (Fsp3) is 0.333. The van der Waals surface area contributed by atoms with Gasteiger partial charge in [0.2, 0.25) is 6.61 Å². The number of aromatic nitrogens is 1. The van der Waals surface area contributed by atoms with Crippen molar-refractivity contribution in [2.45, 2.75) is 12.1 Å². The monoisotopic (exact) mass is 432 g/mol. The van der Waals surface area contributed by atoms with Crippen LogP contribution in [0.1, 0.15) is 5.69 Å². The van der Waals surface area contributed by atoms with Gasteiger partial charge in [-0.1, -0.05) is 5.16 Å². The number of methoxy groups -OCH3 is 1. The Kier molecular flexibility index (Phi) is 6.12. The Balaban J connectivity index is 2.29. The van der Waals surface area contributed by atoms with E-state index in [0.717, 1.165) is 18.4 Å². The van der Waals surface area contributed by atoms with E-state index in [1.54, 1.807) is 6.07 Å². The van der Waals surface area contributed by atoms with Crippen molar-refractivity contribution >= 4 is 50.3 Å². The summed E-state index contributed by atoms with van der Waals surface area (Å²) in [5.74, 6) is -3.55. The number of nitrogens with two attached hydrogens (primary N) is 1. The Bertz CT molecular complexity index is 980. The molecule has 2 rings (SSSR count). The maximum Gasteiger partial charge on any atom is 0.363 e. The molecule has 0 spiro atoms. The number of ether oxygens (including phenoxy) is 1. The van der Waals surface area contributed by atoms with E-state index in [1.807, 2.05) is 0 Å². The number of nitrogens with one attached hydrogen (secondary N) is 1. The third kappa shape index (κ3) is 4.16. The maximum absolute atomic E-state index is 12.5. The first-order valence-corrected chi connectivity index (χ1v) is 9.37. The van der Waals surface area contributed by atoms with E-state index in [-0.39, 0.29) is 15.1 Å². The van der Waals surface area contributed by atoms with Crippen LogP contribution in [-0.2, 0) is 34.3 Å². The second-order valence-corrected chi connectivity index (χ2v) is 7.15. The molecule has 2 unspecified atom stereocenters. The number of nitriles is 1. The van der Waals surface area contributed by atoms with Crippen LogP contribution < -0.4 is 11.1 Å². The van der Waals surface area contributed by atoms with E-state index in [0.29, 0.717) is 0 Å². The normalized spacial score (nSPS) is 19.4. The molecule has 14 nitrogen and oxygen atoms in total. The summed E-state index contributed by atoms with van der Waals surface area (Å²) in [7, 11) is -4.14. The summed E-state index contributed by atoms with van der Waals surface area (Å²) in [5.41, 5.74) is 4.96. The minimum atomic E-state index is -5.06. The summed E-state index contributed by atoms with van der Waals surface area (Å²) < 4.78 is 35.8. The van der Waals surface area contributed by atoms with Crippen molar-refractivity contribution in [1.82, 2.24) is 14.6 Å². The maximum atomic E-state index is 12.5. The van der Waals surface area contributed by atoms with Crippen molar-refractivity contribution in [3.63, 3.8) is 0 Å². The Morgan fingerprint density at radius 2 is 2.25 bits per heavy atom. The van der Waals surface area contributed by atoms with Crippen LogP contribution in [0.25, 0.3) is 0 Å². The fourth-order valence-electron chi connectivity index (χ4n) is 2.15. The number of nitrogen functional groups attached to an aromatic ring is 1. The van der Waals surface area contributed by atoms with Gasteiger partial charge in [0.25, 0.3) is 11.8 Å². The number of carbonyl (C=O) groups is 3. The molecule has 28 heavy (non-hydrogen) atoms. The van der Waals surface area contributed by atoms with E-state index < -0.39 is 52.5 Å². The predicted molar refractivity (Wildman–Crippen MR) is 90.8 cm³/mol. The van der Waals surface area contributed by atoms with Crippen LogP contribution in [0.2, 0.25) is 0 Å². The van der Waals surface area contributed by atoms with Crippen LogP contribution >= 0.6 is 11.3 Å². The SMILES string of the molecule is COC(=O)C1C(NC(=O)/C(=N\OCC#N)c2csc(N)n2)C(=O)N1S(=O)(=O)O. The van der Waals surface area contributed by atoms with Crippen molar-refractivity contribution in [2.24, 2.45) is 5.16 Å². The van der Waals surface area contributed by atoms with Gasteiger partial charge in [-0.3, -0.25) is 14.1 Å². The van der Waals surface area contributed by atoms with E-state index in [9.17, 15) is 22.8 Å². The number of amides is 2. The molecule has 1 aliphatic rings. The predicted octanol–water partition coefficient (Wildman–Crippen LogP) is -2.36. The van der Waals surface area contributed by atoms with E-state index in [2.05, 4.69) is 25.0 Å². The third-order valence-electron chi connectivity index (χ3n) is 3.29.